The molecule has 2 amide bonds. The van der Waals surface area contributed by atoms with E-state index >= 15 is 0 Å². The van der Waals surface area contributed by atoms with Crippen molar-refractivity contribution < 1.29 is 14.7 Å². The Labute approximate surface area is 253 Å². The van der Waals surface area contributed by atoms with Gasteiger partial charge in [0.2, 0.25) is 5.91 Å². The molecule has 1 heterocycles. The van der Waals surface area contributed by atoms with E-state index in [-0.39, 0.29) is 11.8 Å². The van der Waals surface area contributed by atoms with E-state index in [2.05, 4.69) is 42.4 Å². The van der Waals surface area contributed by atoms with Gasteiger partial charge >= 0.3 is 0 Å². The highest BCUT2D eigenvalue weighted by atomic mass is 16.2. The van der Waals surface area contributed by atoms with Crippen LogP contribution in [-0.4, -0.2) is 90.5 Å². The second-order valence-corrected chi connectivity index (χ2v) is 9.78. The Hall–Kier alpha value is -2.64. The zero-order valence-electron chi connectivity index (χ0n) is 28.0. The van der Waals surface area contributed by atoms with E-state index < -0.39 is 0 Å². The predicted molar refractivity (Wildman–Crippen MR) is 179 cm³/mol. The molecule has 2 rings (SSSR count). The second kappa shape index (κ2) is 30.3. The molecule has 238 valence electrons. The van der Waals surface area contributed by atoms with Crippen molar-refractivity contribution in [1.82, 2.24) is 20.0 Å². The summed E-state index contributed by atoms with van der Waals surface area (Å²) in [6.07, 6.45) is 18.7. The molecule has 7 heteroatoms. The monoisotopic (exact) mass is 576 g/mol. The zero-order valence-corrected chi connectivity index (χ0v) is 28.0. The largest absolute Gasteiger partial charge is 0.516 e. The van der Waals surface area contributed by atoms with E-state index in [0.29, 0.717) is 6.04 Å². The molecular weight excluding hydrogens is 512 g/mol. The maximum absolute atomic E-state index is 12.0. The first-order chi connectivity index (χ1) is 19.6. The Balaban J connectivity index is -0.000000555. The molecule has 0 aromatic carbocycles. The fourth-order valence-electron chi connectivity index (χ4n) is 3.84. The van der Waals surface area contributed by atoms with Gasteiger partial charge in [-0.25, -0.2) is 0 Å². The summed E-state index contributed by atoms with van der Waals surface area (Å²) in [4.78, 5) is 29.8. The van der Waals surface area contributed by atoms with E-state index in [4.69, 9.17) is 5.11 Å². The molecule has 0 aromatic heterocycles. The number of hydrogen-bond acceptors (Lipinski definition) is 5. The van der Waals surface area contributed by atoms with Crippen molar-refractivity contribution in [1.29, 1.82) is 0 Å². The van der Waals surface area contributed by atoms with Crippen molar-refractivity contribution in [2.24, 2.45) is 0 Å². The fourth-order valence-corrected chi connectivity index (χ4v) is 3.84. The summed E-state index contributed by atoms with van der Waals surface area (Å²) in [5.41, 5.74) is 0.732. The number of hydrogen-bond donors (Lipinski definition) is 2. The summed E-state index contributed by atoms with van der Waals surface area (Å²) in [6, 6.07) is 1.09. The third-order valence-corrected chi connectivity index (χ3v) is 6.62. The van der Waals surface area contributed by atoms with Gasteiger partial charge in [0, 0.05) is 44.2 Å². The molecule has 0 unspecified atom stereocenters. The molecule has 7 nitrogen and oxygen atoms in total. The molecular formula is C34H64N4O3. The van der Waals surface area contributed by atoms with E-state index in [9.17, 15) is 9.59 Å². The van der Waals surface area contributed by atoms with Gasteiger partial charge < -0.3 is 25.1 Å². The molecule has 0 atom stereocenters. The number of likely N-dealkylation sites (tertiary alicyclic amines) is 1. The van der Waals surface area contributed by atoms with Crippen molar-refractivity contribution in [2.75, 3.05) is 46.8 Å². The lowest BCUT2D eigenvalue weighted by Gasteiger charge is -2.35. The van der Waals surface area contributed by atoms with Gasteiger partial charge in [0.05, 0.1) is 6.26 Å². The molecule has 0 aromatic rings. The number of allylic oxidation sites excluding steroid dienone is 5. The highest BCUT2D eigenvalue weighted by molar-refractivity contribution is 5.96. The minimum absolute atomic E-state index is 0.0346. The number of nitrogens with zero attached hydrogens (tertiary/aromatic N) is 3. The second-order valence-electron chi connectivity index (χ2n) is 9.78. The molecule has 1 aliphatic carbocycles. The van der Waals surface area contributed by atoms with Gasteiger partial charge in [0.15, 0.2) is 0 Å². The van der Waals surface area contributed by atoms with E-state index in [1.807, 2.05) is 63.8 Å². The minimum atomic E-state index is 0.0346. The van der Waals surface area contributed by atoms with Gasteiger partial charge in [-0.3, -0.25) is 9.59 Å². The van der Waals surface area contributed by atoms with Crippen molar-refractivity contribution in [2.45, 2.75) is 99.1 Å². The number of piperidine rings is 1. The lowest BCUT2D eigenvalue weighted by Crippen LogP contribution is -2.43. The average Bonchev–Trinajstić information content (AvgIpc) is 2.93. The average molecular weight is 577 g/mol. The first-order valence-electron chi connectivity index (χ1n) is 15.4. The van der Waals surface area contributed by atoms with Crippen LogP contribution >= 0.6 is 0 Å². The molecule has 2 aliphatic rings. The van der Waals surface area contributed by atoms with Crippen LogP contribution in [-0.2, 0) is 9.59 Å². The number of likely N-dealkylation sites (N-methyl/N-ethyl adjacent to an activating group) is 2. The van der Waals surface area contributed by atoms with Crippen LogP contribution < -0.4 is 5.32 Å². The summed E-state index contributed by atoms with van der Waals surface area (Å²) in [6.45, 7) is 25.1. The van der Waals surface area contributed by atoms with Gasteiger partial charge in [0.1, 0.15) is 0 Å². The third-order valence-electron chi connectivity index (χ3n) is 6.62. The highest BCUT2D eigenvalue weighted by Crippen LogP contribution is 2.23. The first kappa shape index (κ1) is 42.8. The Morgan fingerprint density at radius 2 is 1.59 bits per heavy atom. The van der Waals surface area contributed by atoms with Gasteiger partial charge in [-0.05, 0) is 87.0 Å². The third kappa shape index (κ3) is 23.7. The fraction of sp³-hybridized carbons (Fsp3) is 0.647. The molecule has 41 heavy (non-hydrogen) atoms. The number of aliphatic hydroxyl groups excluding tert-OH is 1. The molecule has 2 fully saturated rings. The number of nitrogens with one attached hydrogen (secondary N) is 1. The van der Waals surface area contributed by atoms with Crippen LogP contribution in [0.15, 0.2) is 61.4 Å². The zero-order chi connectivity index (χ0) is 32.1. The summed E-state index contributed by atoms with van der Waals surface area (Å²) in [7, 11) is 4.28. The Bertz CT molecular complexity index is 745. The first-order valence-corrected chi connectivity index (χ1v) is 15.4. The van der Waals surface area contributed by atoms with Crippen molar-refractivity contribution in [3.05, 3.63) is 61.4 Å². The van der Waals surface area contributed by atoms with Crippen molar-refractivity contribution in [3.8, 4) is 0 Å². The van der Waals surface area contributed by atoms with Crippen LogP contribution in [0.4, 0.5) is 0 Å². The Morgan fingerprint density at radius 1 is 1.05 bits per heavy atom. The normalized spacial score (nSPS) is 15.5. The van der Waals surface area contributed by atoms with Gasteiger partial charge in [0.25, 0.3) is 5.91 Å². The smallest absolute Gasteiger partial charge is 0.251 e. The number of carbonyl (C=O) groups is 2. The highest BCUT2D eigenvalue weighted by Gasteiger charge is 2.22. The SMILES string of the molecule is C/C=C/O.C=CC.C=CCC=C/C(=C\C)C(=O)NC1CCN(C)CC1.CC.CCN(CCN(C)C1CCC1)C(C)=O. The number of amides is 2. The van der Waals surface area contributed by atoms with Crippen molar-refractivity contribution >= 4 is 11.8 Å². The Kier molecular flexibility index (Phi) is 31.7. The molecule has 0 radical (unpaired) electrons. The van der Waals surface area contributed by atoms with Crippen LogP contribution in [0.5, 0.6) is 0 Å². The lowest BCUT2D eigenvalue weighted by molar-refractivity contribution is -0.129. The Morgan fingerprint density at radius 3 is 1.95 bits per heavy atom. The summed E-state index contributed by atoms with van der Waals surface area (Å²) in [5.74, 6) is 0.224. The van der Waals surface area contributed by atoms with E-state index in [1.54, 1.807) is 26.0 Å². The number of rotatable bonds is 10. The topological polar surface area (TPSA) is 76.1 Å². The molecule has 0 spiro atoms. The molecule has 1 saturated carbocycles. The lowest BCUT2D eigenvalue weighted by atomic mass is 9.92. The molecule has 0 bridgehead atoms. The van der Waals surface area contributed by atoms with Crippen LogP contribution in [0.2, 0.25) is 0 Å². The maximum Gasteiger partial charge on any atom is 0.251 e. The number of carbonyl (C=O) groups excluding carboxylic acids is 2. The van der Waals surface area contributed by atoms with Crippen LogP contribution in [0, 0.1) is 0 Å². The maximum atomic E-state index is 12.0. The summed E-state index contributed by atoms with van der Waals surface area (Å²) < 4.78 is 0. The predicted octanol–water partition coefficient (Wildman–Crippen LogP) is 6.91. The van der Waals surface area contributed by atoms with E-state index in [1.165, 1.54) is 19.3 Å². The van der Waals surface area contributed by atoms with Gasteiger partial charge in [-0.2, -0.15) is 0 Å². The van der Waals surface area contributed by atoms with Crippen LogP contribution in [0.1, 0.15) is 87.0 Å². The summed E-state index contributed by atoms with van der Waals surface area (Å²) in [5, 5.41) is 10.8. The molecule has 1 saturated heterocycles. The summed E-state index contributed by atoms with van der Waals surface area (Å²) >= 11 is 0. The molecule has 1 aliphatic heterocycles. The van der Waals surface area contributed by atoms with E-state index in [0.717, 1.165) is 69.9 Å². The van der Waals surface area contributed by atoms with Crippen LogP contribution in [0.3, 0.4) is 0 Å². The van der Waals surface area contributed by atoms with Gasteiger partial charge in [-0.1, -0.05) is 56.7 Å². The van der Waals surface area contributed by atoms with Crippen LogP contribution in [0.25, 0.3) is 0 Å². The van der Waals surface area contributed by atoms with Crippen molar-refractivity contribution in [3.63, 3.8) is 0 Å². The number of aliphatic hydroxyl groups is 1. The standard InChI is InChI=1S/C15H24N2O.C11H22N2O.C3H6O.C3H6.C2H6/c1-4-6-7-8-13(5-2)15(18)16-14-9-11-17(3)12-10-14;1-4-13(10(2)14)9-8-12(3)11-6-5-7-11;1-2-3-4;1-3-2;1-2/h4-5,7-8,14H,1,6,9-12H2,2-3H3,(H,16,18);11H,4-9H2,1-3H3;2-4H,1H3;3H,1H2,2H3;1-2H3/b8-7?,13-5+;;3-2+;;. The quantitative estimate of drug-likeness (QED) is 0.128. The van der Waals surface area contributed by atoms with Gasteiger partial charge in [-0.15, -0.1) is 13.2 Å². The molecule has 2 N–H and O–H groups in total. The minimum Gasteiger partial charge on any atom is -0.516 e.